The van der Waals surface area contributed by atoms with Crippen molar-refractivity contribution in [2.75, 3.05) is 29.9 Å². The number of benzene rings is 2. The Bertz CT molecular complexity index is 954. The fourth-order valence-corrected chi connectivity index (χ4v) is 3.64. The Balaban J connectivity index is 2.27. The lowest BCUT2D eigenvalue weighted by Crippen LogP contribution is -2.14. The summed E-state index contributed by atoms with van der Waals surface area (Å²) >= 11 is 0. The van der Waals surface area contributed by atoms with E-state index in [1.165, 1.54) is 44.6 Å². The van der Waals surface area contributed by atoms with Crippen LogP contribution in [0.15, 0.2) is 47.4 Å². The Morgan fingerprint density at radius 2 is 1.48 bits per heavy atom. The van der Waals surface area contributed by atoms with E-state index < -0.39 is 20.0 Å². The number of nitrogens with one attached hydrogen (secondary N) is 2. The first-order valence-corrected chi connectivity index (χ1v) is 10.3. The number of rotatable bonds is 7. The molecule has 25 heavy (non-hydrogen) atoms. The zero-order chi connectivity index (χ0) is 18.7. The van der Waals surface area contributed by atoms with E-state index in [1.54, 1.807) is 12.1 Å². The lowest BCUT2D eigenvalue weighted by Gasteiger charge is -2.13. The first kappa shape index (κ1) is 18.9. The predicted octanol–water partition coefficient (Wildman–Crippen LogP) is 1.88. The summed E-state index contributed by atoms with van der Waals surface area (Å²) in [5, 5.41) is 0. The topological polar surface area (TPSA) is 111 Å². The molecule has 0 aromatic heterocycles. The Hall–Kier alpha value is -2.46. The van der Waals surface area contributed by atoms with E-state index in [0.717, 1.165) is 6.26 Å². The molecule has 0 atom stereocenters. The number of methoxy groups -OCH3 is 2. The SMILES string of the molecule is COc1ccc(NS(=O)(=O)c2ccc(NS(C)(=O)=O)cc2)c(OC)c1. The van der Waals surface area contributed by atoms with Gasteiger partial charge in [-0.15, -0.1) is 0 Å². The first-order chi connectivity index (χ1) is 11.6. The molecule has 0 spiro atoms. The van der Waals surface area contributed by atoms with Gasteiger partial charge in [0.15, 0.2) is 0 Å². The van der Waals surface area contributed by atoms with Gasteiger partial charge >= 0.3 is 0 Å². The van der Waals surface area contributed by atoms with Crippen LogP contribution in [-0.4, -0.2) is 37.3 Å². The summed E-state index contributed by atoms with van der Waals surface area (Å²) in [6.45, 7) is 0. The molecule has 0 aliphatic rings. The Morgan fingerprint density at radius 1 is 0.840 bits per heavy atom. The standard InChI is InChI=1S/C15H18N2O6S2/c1-22-12-6-9-14(15(10-12)23-2)17-25(20,21)13-7-4-11(5-8-13)16-24(3,18)19/h4-10,16-17H,1-3H3. The van der Waals surface area contributed by atoms with E-state index in [0.29, 0.717) is 11.5 Å². The molecule has 0 bridgehead atoms. The minimum absolute atomic E-state index is 0.0237. The third-order valence-corrected chi connectivity index (χ3v) is 5.11. The van der Waals surface area contributed by atoms with Gasteiger partial charge in [-0.05, 0) is 36.4 Å². The van der Waals surface area contributed by atoms with Crippen molar-refractivity contribution in [1.29, 1.82) is 0 Å². The van der Waals surface area contributed by atoms with E-state index >= 15 is 0 Å². The smallest absolute Gasteiger partial charge is 0.262 e. The van der Waals surface area contributed by atoms with Gasteiger partial charge in [0.05, 0.1) is 31.1 Å². The maximum absolute atomic E-state index is 12.5. The van der Waals surface area contributed by atoms with Gasteiger partial charge in [0.1, 0.15) is 11.5 Å². The molecule has 0 fully saturated rings. The normalized spacial score (nSPS) is 11.6. The van der Waals surface area contributed by atoms with E-state index in [1.807, 2.05) is 0 Å². The van der Waals surface area contributed by atoms with Gasteiger partial charge in [0, 0.05) is 11.8 Å². The summed E-state index contributed by atoms with van der Waals surface area (Å²) in [7, 11) is -4.40. The number of hydrogen-bond donors (Lipinski definition) is 2. The van der Waals surface area contributed by atoms with Crippen LogP contribution in [0.2, 0.25) is 0 Å². The number of sulfonamides is 2. The van der Waals surface area contributed by atoms with E-state index in [9.17, 15) is 16.8 Å². The molecule has 0 amide bonds. The minimum Gasteiger partial charge on any atom is -0.497 e. The third-order valence-electron chi connectivity index (χ3n) is 3.12. The molecule has 10 heteroatoms. The highest BCUT2D eigenvalue weighted by molar-refractivity contribution is 7.92. The average Bonchev–Trinajstić information content (AvgIpc) is 2.54. The Labute approximate surface area is 146 Å². The molecular formula is C15H18N2O6S2. The molecule has 0 unspecified atom stereocenters. The molecule has 0 aliphatic carbocycles. The van der Waals surface area contributed by atoms with Crippen LogP contribution < -0.4 is 18.9 Å². The van der Waals surface area contributed by atoms with Crippen LogP contribution in [-0.2, 0) is 20.0 Å². The van der Waals surface area contributed by atoms with Crippen molar-refractivity contribution in [2.45, 2.75) is 4.90 Å². The van der Waals surface area contributed by atoms with Crippen molar-refractivity contribution in [1.82, 2.24) is 0 Å². The van der Waals surface area contributed by atoms with Crippen LogP contribution in [0.1, 0.15) is 0 Å². The summed E-state index contributed by atoms with van der Waals surface area (Å²) in [6, 6.07) is 9.99. The van der Waals surface area contributed by atoms with Gasteiger partial charge < -0.3 is 9.47 Å². The summed E-state index contributed by atoms with van der Waals surface area (Å²) in [6.07, 6.45) is 1.01. The number of hydrogen-bond acceptors (Lipinski definition) is 6. The zero-order valence-electron chi connectivity index (χ0n) is 13.8. The largest absolute Gasteiger partial charge is 0.497 e. The van der Waals surface area contributed by atoms with Crippen LogP contribution in [0, 0.1) is 0 Å². The molecule has 8 nitrogen and oxygen atoms in total. The maximum atomic E-state index is 12.5. The van der Waals surface area contributed by atoms with Crippen molar-refractivity contribution < 1.29 is 26.3 Å². The zero-order valence-corrected chi connectivity index (χ0v) is 15.4. The van der Waals surface area contributed by atoms with Crippen LogP contribution in [0.25, 0.3) is 0 Å². The van der Waals surface area contributed by atoms with Gasteiger partial charge in [-0.1, -0.05) is 0 Å². The minimum atomic E-state index is -3.87. The molecule has 0 saturated carbocycles. The first-order valence-electron chi connectivity index (χ1n) is 6.97. The van der Waals surface area contributed by atoms with Gasteiger partial charge in [-0.2, -0.15) is 0 Å². The highest BCUT2D eigenvalue weighted by atomic mass is 32.2. The molecule has 2 N–H and O–H groups in total. The molecule has 2 rings (SSSR count). The van der Waals surface area contributed by atoms with Crippen molar-refractivity contribution in [3.8, 4) is 11.5 Å². The average molecular weight is 386 g/mol. The van der Waals surface area contributed by atoms with E-state index in [4.69, 9.17) is 9.47 Å². The fraction of sp³-hybridized carbons (Fsp3) is 0.200. The summed E-state index contributed by atoms with van der Waals surface area (Å²) < 4.78 is 62.2. The molecule has 0 aliphatic heterocycles. The van der Waals surface area contributed by atoms with E-state index in [2.05, 4.69) is 9.44 Å². The summed E-state index contributed by atoms with van der Waals surface area (Å²) in [4.78, 5) is -0.0237. The molecule has 136 valence electrons. The second kappa shape index (κ2) is 7.19. The summed E-state index contributed by atoms with van der Waals surface area (Å²) in [5.41, 5.74) is 0.519. The Kier molecular flexibility index (Phi) is 5.43. The lowest BCUT2D eigenvalue weighted by molar-refractivity contribution is 0.395. The number of ether oxygens (including phenoxy) is 2. The van der Waals surface area contributed by atoms with Crippen LogP contribution in [0.3, 0.4) is 0 Å². The van der Waals surface area contributed by atoms with Crippen LogP contribution in [0.4, 0.5) is 11.4 Å². The highest BCUT2D eigenvalue weighted by Crippen LogP contribution is 2.31. The summed E-state index contributed by atoms with van der Waals surface area (Å²) in [5.74, 6) is 0.828. The fourth-order valence-electron chi connectivity index (χ4n) is 2.00. The van der Waals surface area contributed by atoms with Crippen LogP contribution in [0.5, 0.6) is 11.5 Å². The predicted molar refractivity (Wildman–Crippen MR) is 95.3 cm³/mol. The molecule has 2 aromatic carbocycles. The molecule has 0 saturated heterocycles. The van der Waals surface area contributed by atoms with Gasteiger partial charge in [0.2, 0.25) is 10.0 Å². The van der Waals surface area contributed by atoms with Crippen molar-refractivity contribution in [2.24, 2.45) is 0 Å². The molecular weight excluding hydrogens is 368 g/mol. The van der Waals surface area contributed by atoms with Crippen molar-refractivity contribution in [3.05, 3.63) is 42.5 Å². The molecule has 0 heterocycles. The van der Waals surface area contributed by atoms with Gasteiger partial charge in [-0.25, -0.2) is 16.8 Å². The number of anilines is 2. The van der Waals surface area contributed by atoms with Crippen LogP contribution >= 0.6 is 0 Å². The van der Waals surface area contributed by atoms with Gasteiger partial charge in [-0.3, -0.25) is 9.44 Å². The molecule has 0 radical (unpaired) electrons. The van der Waals surface area contributed by atoms with E-state index in [-0.39, 0.29) is 16.3 Å². The van der Waals surface area contributed by atoms with Crippen molar-refractivity contribution in [3.63, 3.8) is 0 Å². The lowest BCUT2D eigenvalue weighted by atomic mass is 10.3. The van der Waals surface area contributed by atoms with Gasteiger partial charge in [0.25, 0.3) is 10.0 Å². The second-order valence-electron chi connectivity index (χ2n) is 5.07. The maximum Gasteiger partial charge on any atom is 0.262 e. The highest BCUT2D eigenvalue weighted by Gasteiger charge is 2.17. The quantitative estimate of drug-likeness (QED) is 0.752. The Morgan fingerprint density at radius 3 is 2.00 bits per heavy atom. The monoisotopic (exact) mass is 386 g/mol. The third kappa shape index (κ3) is 5.00. The second-order valence-corrected chi connectivity index (χ2v) is 8.50. The van der Waals surface area contributed by atoms with Crippen molar-refractivity contribution >= 4 is 31.4 Å². The molecule has 2 aromatic rings.